The lowest BCUT2D eigenvalue weighted by Crippen LogP contribution is -2.36. The van der Waals surface area contributed by atoms with E-state index in [1.807, 2.05) is 18.7 Å². The van der Waals surface area contributed by atoms with Gasteiger partial charge in [-0.15, -0.1) is 0 Å². The van der Waals surface area contributed by atoms with Gasteiger partial charge in [0.1, 0.15) is 0 Å². The van der Waals surface area contributed by atoms with Crippen LogP contribution in [0.25, 0.3) is 0 Å². The Bertz CT molecular complexity index is 608. The lowest BCUT2D eigenvalue weighted by Gasteiger charge is -2.26. The highest BCUT2D eigenvalue weighted by Gasteiger charge is 2.42. The minimum absolute atomic E-state index is 0.00803. The summed E-state index contributed by atoms with van der Waals surface area (Å²) in [6, 6.07) is 0.482. The van der Waals surface area contributed by atoms with E-state index >= 15 is 0 Å². The van der Waals surface area contributed by atoms with Crippen LogP contribution in [0.15, 0.2) is 0 Å². The Hall–Kier alpha value is -1.44. The number of thioether (sulfide) groups is 1. The Morgan fingerprint density at radius 1 is 1.03 bits per heavy atom. The normalized spacial score (nSPS) is 23.6. The van der Waals surface area contributed by atoms with Crippen LogP contribution in [-0.2, 0) is 9.59 Å². The van der Waals surface area contributed by atoms with Crippen LogP contribution in [-0.4, -0.2) is 54.0 Å². The van der Waals surface area contributed by atoms with Gasteiger partial charge >= 0.3 is 6.03 Å². The molecule has 0 aromatic carbocycles. The smallest absolute Gasteiger partial charge is 0.315 e. The Kier molecular flexibility index (Phi) is 10.5. The Balaban J connectivity index is 1.39. The van der Waals surface area contributed by atoms with Gasteiger partial charge in [-0.05, 0) is 31.1 Å². The molecule has 0 aromatic heterocycles. The lowest BCUT2D eigenvalue weighted by atomic mass is 9.81. The third-order valence-electron chi connectivity index (χ3n) is 6.50. The van der Waals surface area contributed by atoms with Crippen molar-refractivity contribution in [2.75, 3.05) is 18.8 Å². The fourth-order valence-electron chi connectivity index (χ4n) is 3.95. The van der Waals surface area contributed by atoms with E-state index in [1.165, 1.54) is 0 Å². The summed E-state index contributed by atoms with van der Waals surface area (Å²) in [5.41, 5.74) is -0.00803. The average molecular weight is 455 g/mol. The first-order chi connectivity index (χ1) is 14.7. The Labute approximate surface area is 192 Å². The summed E-state index contributed by atoms with van der Waals surface area (Å²) in [6.07, 6.45) is 7.62. The molecular formula is C23H42N4O3S. The number of nitrogens with one attached hydrogen (secondary N) is 4. The van der Waals surface area contributed by atoms with E-state index in [4.69, 9.17) is 0 Å². The molecule has 0 radical (unpaired) electrons. The zero-order chi connectivity index (χ0) is 22.9. The highest BCUT2D eigenvalue weighted by Crippen LogP contribution is 2.33. The average Bonchev–Trinajstić information content (AvgIpc) is 3.25. The van der Waals surface area contributed by atoms with Gasteiger partial charge in [-0.1, -0.05) is 47.0 Å². The molecule has 178 valence electrons. The number of carbonyl (C=O) groups excluding carboxylic acids is 3. The molecule has 4 N–H and O–H groups in total. The molecule has 0 spiro atoms. The van der Waals surface area contributed by atoms with Crippen LogP contribution in [0.3, 0.4) is 0 Å². The van der Waals surface area contributed by atoms with Gasteiger partial charge in [-0.25, -0.2) is 4.79 Å². The highest BCUT2D eigenvalue weighted by molar-refractivity contribution is 8.00. The molecule has 2 saturated heterocycles. The summed E-state index contributed by atoms with van der Waals surface area (Å²) in [5, 5.41) is 12.5. The van der Waals surface area contributed by atoms with Crippen molar-refractivity contribution in [1.82, 2.24) is 21.3 Å². The van der Waals surface area contributed by atoms with E-state index < -0.39 is 0 Å². The first kappa shape index (κ1) is 25.8. The van der Waals surface area contributed by atoms with Crippen LogP contribution < -0.4 is 21.3 Å². The van der Waals surface area contributed by atoms with Crippen molar-refractivity contribution >= 4 is 29.6 Å². The molecule has 4 amide bonds. The number of rotatable bonds is 13. The highest BCUT2D eigenvalue weighted by atomic mass is 32.2. The van der Waals surface area contributed by atoms with Crippen molar-refractivity contribution in [3.05, 3.63) is 0 Å². The third kappa shape index (κ3) is 8.91. The zero-order valence-corrected chi connectivity index (χ0v) is 20.5. The molecule has 0 aliphatic carbocycles. The van der Waals surface area contributed by atoms with Gasteiger partial charge in [0, 0.05) is 36.4 Å². The quantitative estimate of drug-likeness (QED) is 0.254. The summed E-state index contributed by atoms with van der Waals surface area (Å²) in [6.45, 7) is 9.70. The van der Waals surface area contributed by atoms with E-state index in [1.54, 1.807) is 0 Å². The Morgan fingerprint density at radius 2 is 1.71 bits per heavy atom. The number of amides is 4. The van der Waals surface area contributed by atoms with Crippen LogP contribution >= 0.6 is 11.8 Å². The molecule has 2 aliphatic rings. The molecule has 4 atom stereocenters. The molecule has 0 aromatic rings. The molecule has 2 heterocycles. The molecule has 31 heavy (non-hydrogen) atoms. The van der Waals surface area contributed by atoms with Gasteiger partial charge in [0.2, 0.25) is 11.8 Å². The molecule has 4 unspecified atom stereocenters. The summed E-state index contributed by atoms with van der Waals surface area (Å²) in [4.78, 5) is 35.5. The number of hydrogen-bond donors (Lipinski definition) is 4. The van der Waals surface area contributed by atoms with Crippen molar-refractivity contribution in [1.29, 1.82) is 0 Å². The molecular weight excluding hydrogens is 412 g/mol. The van der Waals surface area contributed by atoms with Gasteiger partial charge in [0.25, 0.3) is 0 Å². The summed E-state index contributed by atoms with van der Waals surface area (Å²) < 4.78 is 0. The maximum atomic E-state index is 12.1. The number of hydrogen-bond acceptors (Lipinski definition) is 4. The van der Waals surface area contributed by atoms with Gasteiger partial charge in [0.15, 0.2) is 0 Å². The van der Waals surface area contributed by atoms with Crippen molar-refractivity contribution < 1.29 is 14.4 Å². The molecule has 8 heteroatoms. The van der Waals surface area contributed by atoms with Gasteiger partial charge < -0.3 is 21.3 Å². The number of fused-ring (bicyclic) bond motifs is 1. The van der Waals surface area contributed by atoms with Crippen molar-refractivity contribution in [3.63, 3.8) is 0 Å². The van der Waals surface area contributed by atoms with Crippen LogP contribution in [0.1, 0.15) is 79.1 Å². The summed E-state index contributed by atoms with van der Waals surface area (Å²) in [5.74, 6) is 1.26. The first-order valence-electron chi connectivity index (χ1n) is 11.9. The summed E-state index contributed by atoms with van der Waals surface area (Å²) in [7, 11) is 0. The topological polar surface area (TPSA) is 99.3 Å². The second-order valence-corrected chi connectivity index (χ2v) is 11.3. The molecule has 2 aliphatic heterocycles. The maximum absolute atomic E-state index is 12.1. The monoisotopic (exact) mass is 454 g/mol. The standard InChI is InChI=1S/C23H42N4O3S/c1-16(23(2,3)4)21(29)25-14-10-6-5-9-13-24-19(28)12-8-7-11-18-20-17(15-31-18)26-22(30)27-20/h16-18,20H,5-15H2,1-4H3,(H,24,28)(H,25,29)(H2,26,27,30). The second kappa shape index (κ2) is 12.6. The maximum Gasteiger partial charge on any atom is 0.315 e. The van der Waals surface area contributed by atoms with E-state index in [0.717, 1.165) is 63.8 Å². The number of urea groups is 1. The molecule has 2 rings (SSSR count). The Morgan fingerprint density at radius 3 is 2.39 bits per heavy atom. The number of unbranched alkanes of at least 4 members (excludes halogenated alkanes) is 4. The van der Waals surface area contributed by atoms with Crippen LogP contribution in [0, 0.1) is 11.3 Å². The predicted molar refractivity (Wildman–Crippen MR) is 127 cm³/mol. The van der Waals surface area contributed by atoms with Gasteiger partial charge in [-0.3, -0.25) is 9.59 Å². The predicted octanol–water partition coefficient (Wildman–Crippen LogP) is 3.19. The van der Waals surface area contributed by atoms with E-state index in [0.29, 0.717) is 11.7 Å². The fourth-order valence-corrected chi connectivity index (χ4v) is 5.50. The van der Waals surface area contributed by atoms with Crippen LogP contribution in [0.2, 0.25) is 0 Å². The van der Waals surface area contributed by atoms with Crippen molar-refractivity contribution in [2.24, 2.45) is 11.3 Å². The van der Waals surface area contributed by atoms with E-state index in [-0.39, 0.29) is 41.3 Å². The van der Waals surface area contributed by atoms with E-state index in [2.05, 4.69) is 42.0 Å². The number of carbonyl (C=O) groups is 3. The molecule has 0 bridgehead atoms. The summed E-state index contributed by atoms with van der Waals surface area (Å²) >= 11 is 1.92. The van der Waals surface area contributed by atoms with Crippen LogP contribution in [0.4, 0.5) is 4.79 Å². The second-order valence-electron chi connectivity index (χ2n) is 10.0. The van der Waals surface area contributed by atoms with Crippen molar-refractivity contribution in [2.45, 2.75) is 96.4 Å². The first-order valence-corrected chi connectivity index (χ1v) is 13.0. The molecule has 0 saturated carbocycles. The van der Waals surface area contributed by atoms with Gasteiger partial charge in [-0.2, -0.15) is 11.8 Å². The van der Waals surface area contributed by atoms with E-state index in [9.17, 15) is 14.4 Å². The van der Waals surface area contributed by atoms with Crippen LogP contribution in [0.5, 0.6) is 0 Å². The zero-order valence-electron chi connectivity index (χ0n) is 19.7. The third-order valence-corrected chi connectivity index (χ3v) is 8.01. The molecule has 2 fully saturated rings. The minimum Gasteiger partial charge on any atom is -0.356 e. The SMILES string of the molecule is CC(C(=O)NCCCCCCNC(=O)CCCCC1SCC2NC(=O)NC21)C(C)(C)C. The van der Waals surface area contributed by atoms with Gasteiger partial charge in [0.05, 0.1) is 12.1 Å². The molecule has 7 nitrogen and oxygen atoms in total. The van der Waals surface area contributed by atoms with Crippen molar-refractivity contribution in [3.8, 4) is 0 Å². The fraction of sp³-hybridized carbons (Fsp3) is 0.870. The minimum atomic E-state index is -0.0421. The largest absolute Gasteiger partial charge is 0.356 e. The lowest BCUT2D eigenvalue weighted by molar-refractivity contribution is -0.127.